The van der Waals surface area contributed by atoms with E-state index in [0.29, 0.717) is 0 Å². The van der Waals surface area contributed by atoms with Gasteiger partial charge in [-0.2, -0.15) is 0 Å². The minimum atomic E-state index is 0.759. The van der Waals surface area contributed by atoms with Crippen molar-refractivity contribution in [2.75, 3.05) is 11.9 Å². The van der Waals surface area contributed by atoms with Crippen LogP contribution < -0.4 is 5.32 Å². The minimum Gasteiger partial charge on any atom is -0.461 e. The summed E-state index contributed by atoms with van der Waals surface area (Å²) in [6, 6.07) is 5.76. The van der Waals surface area contributed by atoms with E-state index in [2.05, 4.69) is 33.2 Å². The van der Waals surface area contributed by atoms with E-state index in [-0.39, 0.29) is 0 Å². The lowest BCUT2D eigenvalue weighted by atomic mass is 10.2. The van der Waals surface area contributed by atoms with Crippen LogP contribution in [0.2, 0.25) is 0 Å². The minimum absolute atomic E-state index is 0.759. The van der Waals surface area contributed by atoms with E-state index in [0.717, 1.165) is 28.2 Å². The zero-order valence-corrected chi connectivity index (χ0v) is 9.91. The summed E-state index contributed by atoms with van der Waals surface area (Å²) in [4.78, 5) is 4.26. The molecule has 78 valence electrons. The van der Waals surface area contributed by atoms with Crippen LogP contribution in [-0.4, -0.2) is 11.5 Å². The number of rotatable bonds is 3. The number of nitrogens with zero attached hydrogens (tertiary/aromatic N) is 1. The summed E-state index contributed by atoms with van der Waals surface area (Å²) in [6.45, 7) is 2.95. The van der Waals surface area contributed by atoms with Crippen LogP contribution in [0, 0.1) is 0 Å². The molecule has 4 heteroatoms. The number of halogens is 1. The van der Waals surface area contributed by atoms with Crippen LogP contribution in [0.3, 0.4) is 0 Å². The molecule has 0 saturated carbocycles. The van der Waals surface area contributed by atoms with Crippen LogP contribution in [0.15, 0.2) is 39.5 Å². The lowest BCUT2D eigenvalue weighted by Crippen LogP contribution is -1.96. The Morgan fingerprint density at radius 2 is 2.33 bits per heavy atom. The average molecular weight is 267 g/mol. The standard InChI is InChI=1S/C11H11BrN2O/c1-2-13-8-3-5-14-10(7-8)11-9(12)4-6-15-11/h3-7H,2H2,1H3,(H,13,14). The van der Waals surface area contributed by atoms with Gasteiger partial charge in [0.25, 0.3) is 0 Å². The van der Waals surface area contributed by atoms with Gasteiger partial charge in [-0.05, 0) is 41.1 Å². The van der Waals surface area contributed by atoms with Crippen molar-refractivity contribution in [2.24, 2.45) is 0 Å². The van der Waals surface area contributed by atoms with Gasteiger partial charge in [0.05, 0.1) is 10.7 Å². The van der Waals surface area contributed by atoms with Gasteiger partial charge in [-0.15, -0.1) is 0 Å². The SMILES string of the molecule is CCNc1ccnc(-c2occc2Br)c1. The fraction of sp³-hybridized carbons (Fsp3) is 0.182. The van der Waals surface area contributed by atoms with Crippen LogP contribution in [0.5, 0.6) is 0 Å². The van der Waals surface area contributed by atoms with Crippen LogP contribution in [0.1, 0.15) is 6.92 Å². The van der Waals surface area contributed by atoms with E-state index < -0.39 is 0 Å². The molecule has 0 radical (unpaired) electrons. The van der Waals surface area contributed by atoms with E-state index >= 15 is 0 Å². The fourth-order valence-corrected chi connectivity index (χ4v) is 1.75. The van der Waals surface area contributed by atoms with Crippen molar-refractivity contribution in [3.05, 3.63) is 35.1 Å². The van der Waals surface area contributed by atoms with Gasteiger partial charge in [0, 0.05) is 18.4 Å². The van der Waals surface area contributed by atoms with Gasteiger partial charge in [-0.25, -0.2) is 0 Å². The Bertz CT molecular complexity index is 453. The molecule has 0 amide bonds. The fourth-order valence-electron chi connectivity index (χ4n) is 1.35. The number of hydrogen-bond donors (Lipinski definition) is 1. The second-order valence-corrected chi connectivity index (χ2v) is 3.91. The van der Waals surface area contributed by atoms with Crippen LogP contribution in [0.25, 0.3) is 11.5 Å². The molecular weight excluding hydrogens is 256 g/mol. The Morgan fingerprint density at radius 1 is 1.47 bits per heavy atom. The maximum Gasteiger partial charge on any atom is 0.166 e. The molecule has 2 aromatic heterocycles. The molecule has 3 nitrogen and oxygen atoms in total. The highest BCUT2D eigenvalue weighted by molar-refractivity contribution is 9.10. The third kappa shape index (κ3) is 2.21. The highest BCUT2D eigenvalue weighted by atomic mass is 79.9. The van der Waals surface area contributed by atoms with Crippen molar-refractivity contribution >= 4 is 21.6 Å². The molecule has 2 aromatic rings. The number of nitrogens with one attached hydrogen (secondary N) is 1. The van der Waals surface area contributed by atoms with Gasteiger partial charge in [0.2, 0.25) is 0 Å². The maximum absolute atomic E-state index is 5.35. The first-order valence-electron chi connectivity index (χ1n) is 4.74. The van der Waals surface area contributed by atoms with Crippen LogP contribution in [0.4, 0.5) is 5.69 Å². The molecule has 0 aromatic carbocycles. The quantitative estimate of drug-likeness (QED) is 0.924. The van der Waals surface area contributed by atoms with Crippen molar-refractivity contribution in [3.8, 4) is 11.5 Å². The highest BCUT2D eigenvalue weighted by Crippen LogP contribution is 2.28. The first kappa shape index (κ1) is 10.2. The lowest BCUT2D eigenvalue weighted by Gasteiger charge is -2.04. The number of hydrogen-bond acceptors (Lipinski definition) is 3. The predicted octanol–water partition coefficient (Wildman–Crippen LogP) is 3.54. The summed E-state index contributed by atoms with van der Waals surface area (Å²) in [5.41, 5.74) is 1.87. The molecule has 2 heterocycles. The van der Waals surface area contributed by atoms with E-state index in [1.54, 1.807) is 12.5 Å². The summed E-state index contributed by atoms with van der Waals surface area (Å²) >= 11 is 3.41. The molecule has 0 unspecified atom stereocenters. The number of anilines is 1. The largest absolute Gasteiger partial charge is 0.461 e. The molecule has 0 aliphatic heterocycles. The van der Waals surface area contributed by atoms with Crippen molar-refractivity contribution in [1.82, 2.24) is 4.98 Å². The van der Waals surface area contributed by atoms with E-state index in [1.807, 2.05) is 18.2 Å². The zero-order valence-electron chi connectivity index (χ0n) is 8.33. The Labute approximate surface area is 96.6 Å². The Morgan fingerprint density at radius 3 is 3.00 bits per heavy atom. The van der Waals surface area contributed by atoms with Crippen LogP contribution in [-0.2, 0) is 0 Å². The number of pyridine rings is 1. The third-order valence-corrected chi connectivity index (χ3v) is 2.62. The normalized spacial score (nSPS) is 10.3. The summed E-state index contributed by atoms with van der Waals surface area (Å²) < 4.78 is 6.27. The second kappa shape index (κ2) is 4.49. The van der Waals surface area contributed by atoms with Gasteiger partial charge in [0.15, 0.2) is 5.76 Å². The predicted molar refractivity (Wildman–Crippen MR) is 63.8 cm³/mol. The van der Waals surface area contributed by atoms with E-state index in [4.69, 9.17) is 4.42 Å². The molecule has 0 saturated heterocycles. The van der Waals surface area contributed by atoms with E-state index in [9.17, 15) is 0 Å². The van der Waals surface area contributed by atoms with E-state index in [1.165, 1.54) is 0 Å². The van der Waals surface area contributed by atoms with Gasteiger partial charge < -0.3 is 9.73 Å². The Balaban J connectivity index is 2.37. The van der Waals surface area contributed by atoms with Gasteiger partial charge >= 0.3 is 0 Å². The smallest absolute Gasteiger partial charge is 0.166 e. The summed E-state index contributed by atoms with van der Waals surface area (Å²) in [6.07, 6.45) is 3.41. The molecule has 1 N–H and O–H groups in total. The maximum atomic E-state index is 5.35. The van der Waals surface area contributed by atoms with Gasteiger partial charge in [-0.3, -0.25) is 4.98 Å². The Kier molecular flexibility index (Phi) is 3.06. The first-order chi connectivity index (χ1) is 7.31. The zero-order chi connectivity index (χ0) is 10.7. The summed E-state index contributed by atoms with van der Waals surface area (Å²) in [5, 5.41) is 3.23. The molecule has 0 aliphatic rings. The topological polar surface area (TPSA) is 38.1 Å². The monoisotopic (exact) mass is 266 g/mol. The lowest BCUT2D eigenvalue weighted by molar-refractivity contribution is 0.579. The molecule has 2 rings (SSSR count). The first-order valence-corrected chi connectivity index (χ1v) is 5.54. The average Bonchev–Trinajstić information content (AvgIpc) is 2.65. The van der Waals surface area contributed by atoms with Gasteiger partial charge in [-0.1, -0.05) is 0 Å². The molecule has 0 fully saturated rings. The molecule has 0 bridgehead atoms. The highest BCUT2D eigenvalue weighted by Gasteiger charge is 2.08. The molecular formula is C11H11BrN2O. The summed E-state index contributed by atoms with van der Waals surface area (Å²) in [5.74, 6) is 0.759. The number of furan rings is 1. The van der Waals surface area contributed by atoms with Crippen molar-refractivity contribution in [3.63, 3.8) is 0 Å². The molecule has 15 heavy (non-hydrogen) atoms. The van der Waals surface area contributed by atoms with Crippen molar-refractivity contribution < 1.29 is 4.42 Å². The van der Waals surface area contributed by atoms with Crippen LogP contribution >= 0.6 is 15.9 Å². The number of aromatic nitrogens is 1. The Hall–Kier alpha value is -1.29. The van der Waals surface area contributed by atoms with Gasteiger partial charge in [0.1, 0.15) is 5.69 Å². The summed E-state index contributed by atoms with van der Waals surface area (Å²) in [7, 11) is 0. The van der Waals surface area contributed by atoms with Crippen molar-refractivity contribution in [2.45, 2.75) is 6.92 Å². The molecule has 0 spiro atoms. The molecule has 0 aliphatic carbocycles. The third-order valence-electron chi connectivity index (χ3n) is 1.99. The second-order valence-electron chi connectivity index (χ2n) is 3.06. The molecule has 0 atom stereocenters. The van der Waals surface area contributed by atoms with Crippen molar-refractivity contribution in [1.29, 1.82) is 0 Å².